The molecule has 0 unspecified atom stereocenters. The van der Waals surface area contributed by atoms with E-state index in [0.29, 0.717) is 17.7 Å². The zero-order chi connectivity index (χ0) is 20.3. The fourth-order valence-electron chi connectivity index (χ4n) is 4.47. The van der Waals surface area contributed by atoms with E-state index in [1.807, 2.05) is 36.4 Å². The fourth-order valence-corrected chi connectivity index (χ4v) is 4.47. The molecule has 4 heteroatoms. The molecule has 0 aliphatic carbocycles. The van der Waals surface area contributed by atoms with Gasteiger partial charge < -0.3 is 4.74 Å². The smallest absolute Gasteiger partial charge is 0.168 e. The van der Waals surface area contributed by atoms with Crippen molar-refractivity contribution in [1.82, 2.24) is 4.90 Å². The van der Waals surface area contributed by atoms with Crippen molar-refractivity contribution in [3.05, 3.63) is 77.5 Å². The van der Waals surface area contributed by atoms with Gasteiger partial charge in [0.1, 0.15) is 5.82 Å². The molecule has 3 nitrogen and oxygen atoms in total. The Hall–Kier alpha value is -2.04. The third-order valence-corrected chi connectivity index (χ3v) is 6.02. The van der Waals surface area contributed by atoms with Crippen LogP contribution in [0.15, 0.2) is 48.5 Å². The number of likely N-dealkylation sites (tertiary alicyclic amines) is 1. The maximum Gasteiger partial charge on any atom is 0.168 e. The van der Waals surface area contributed by atoms with Gasteiger partial charge in [-0.3, -0.25) is 9.69 Å². The number of rotatable bonds is 6. The molecule has 1 aliphatic heterocycles. The van der Waals surface area contributed by atoms with Gasteiger partial charge in [0, 0.05) is 43.1 Å². The van der Waals surface area contributed by atoms with Crippen LogP contribution in [0.3, 0.4) is 0 Å². The standard InChI is InChI=1S/C24H29FNO2/c1-16-15-21(20-11-8-12-22(25)17(20)2)23(18(3)26(16)13-14-28-4)24(27)19-9-6-5-7-10-19/h5-12,15-16,18,21,23H,13-14H2,1-4H3/t16-,18-,21+,23-/m1/s1. The van der Waals surface area contributed by atoms with Crippen LogP contribution in [-0.4, -0.2) is 43.0 Å². The SMILES string of the molecule is COCCN1[C@H](C)[CH][C@@H](c2cccc(F)c2C)[C@H](C(=O)c2ccccc2)[C@H]1C. The second kappa shape index (κ2) is 8.97. The molecule has 0 spiro atoms. The predicted molar refractivity (Wildman–Crippen MR) is 110 cm³/mol. The quantitative estimate of drug-likeness (QED) is 0.681. The van der Waals surface area contributed by atoms with Crippen LogP contribution >= 0.6 is 0 Å². The number of nitrogens with zero attached hydrogens (tertiary/aromatic N) is 1. The molecule has 1 saturated heterocycles. The van der Waals surface area contributed by atoms with Gasteiger partial charge in [-0.1, -0.05) is 42.5 Å². The highest BCUT2D eigenvalue weighted by atomic mass is 19.1. The van der Waals surface area contributed by atoms with Crippen LogP contribution in [0, 0.1) is 25.1 Å². The van der Waals surface area contributed by atoms with Gasteiger partial charge in [-0.05, 0) is 44.4 Å². The molecule has 1 heterocycles. The van der Waals surface area contributed by atoms with Crippen molar-refractivity contribution >= 4 is 5.78 Å². The van der Waals surface area contributed by atoms with Crippen molar-refractivity contribution in [2.75, 3.05) is 20.3 Å². The number of carbonyl (C=O) groups excluding carboxylic acids is 1. The Kier molecular flexibility index (Phi) is 6.63. The van der Waals surface area contributed by atoms with E-state index >= 15 is 0 Å². The summed E-state index contributed by atoms with van der Waals surface area (Å²) >= 11 is 0. The average molecular weight is 382 g/mol. The van der Waals surface area contributed by atoms with Crippen molar-refractivity contribution < 1.29 is 13.9 Å². The Bertz CT molecular complexity index is 808. The van der Waals surface area contributed by atoms with Gasteiger partial charge in [0.2, 0.25) is 0 Å². The van der Waals surface area contributed by atoms with Crippen LogP contribution in [0.4, 0.5) is 4.39 Å². The lowest BCUT2D eigenvalue weighted by Gasteiger charge is -2.47. The molecule has 28 heavy (non-hydrogen) atoms. The van der Waals surface area contributed by atoms with E-state index in [2.05, 4.69) is 25.2 Å². The summed E-state index contributed by atoms with van der Waals surface area (Å²) in [5.41, 5.74) is 2.23. The third-order valence-electron chi connectivity index (χ3n) is 6.02. The highest BCUT2D eigenvalue weighted by Gasteiger charge is 2.44. The maximum absolute atomic E-state index is 14.3. The minimum atomic E-state index is -0.282. The summed E-state index contributed by atoms with van der Waals surface area (Å²) in [6.07, 6.45) is 2.20. The van der Waals surface area contributed by atoms with Crippen molar-refractivity contribution in [1.29, 1.82) is 0 Å². The number of methoxy groups -OCH3 is 1. The molecule has 0 saturated carbocycles. The lowest BCUT2D eigenvalue weighted by molar-refractivity contribution is 0.0421. The van der Waals surface area contributed by atoms with E-state index in [1.165, 1.54) is 6.07 Å². The number of ketones is 1. The Morgan fingerprint density at radius 3 is 2.50 bits per heavy atom. The molecule has 0 N–H and O–H groups in total. The van der Waals surface area contributed by atoms with Crippen LogP contribution in [-0.2, 0) is 4.74 Å². The number of hydrogen-bond acceptors (Lipinski definition) is 3. The Balaban J connectivity index is 2.03. The van der Waals surface area contributed by atoms with Crippen molar-refractivity contribution in [3.63, 3.8) is 0 Å². The minimum Gasteiger partial charge on any atom is -0.383 e. The van der Waals surface area contributed by atoms with E-state index < -0.39 is 0 Å². The van der Waals surface area contributed by atoms with Gasteiger partial charge in [0.15, 0.2) is 5.78 Å². The molecule has 0 bridgehead atoms. The van der Waals surface area contributed by atoms with Gasteiger partial charge >= 0.3 is 0 Å². The highest BCUT2D eigenvalue weighted by molar-refractivity contribution is 5.99. The molecular formula is C24H29FNO2. The first kappa shape index (κ1) is 20.7. The van der Waals surface area contributed by atoms with E-state index in [4.69, 9.17) is 4.74 Å². The number of Topliss-reactive ketones (excluding diaryl/α,β-unsaturated/α-hetero) is 1. The van der Waals surface area contributed by atoms with Crippen molar-refractivity contribution in [3.8, 4) is 0 Å². The van der Waals surface area contributed by atoms with Gasteiger partial charge in [-0.15, -0.1) is 0 Å². The molecule has 1 fully saturated rings. The topological polar surface area (TPSA) is 29.5 Å². The van der Waals surface area contributed by atoms with E-state index in [1.54, 1.807) is 20.1 Å². The Morgan fingerprint density at radius 2 is 1.82 bits per heavy atom. The molecule has 149 valence electrons. The summed E-state index contributed by atoms with van der Waals surface area (Å²) in [5.74, 6) is -0.533. The lowest BCUT2D eigenvalue weighted by atomic mass is 9.70. The largest absolute Gasteiger partial charge is 0.383 e. The zero-order valence-corrected chi connectivity index (χ0v) is 17.1. The minimum absolute atomic E-state index is 0.00974. The molecule has 3 rings (SSSR count). The summed E-state index contributed by atoms with van der Waals surface area (Å²) < 4.78 is 19.6. The van der Waals surface area contributed by atoms with Crippen LogP contribution in [0.5, 0.6) is 0 Å². The second-order valence-corrected chi connectivity index (χ2v) is 7.64. The number of piperidine rings is 1. The fraction of sp³-hybridized carbons (Fsp3) is 0.417. The van der Waals surface area contributed by atoms with Crippen LogP contribution in [0.2, 0.25) is 0 Å². The Labute approximate surface area is 167 Å². The second-order valence-electron chi connectivity index (χ2n) is 7.64. The molecule has 1 radical (unpaired) electrons. The molecule has 2 aromatic rings. The predicted octanol–water partition coefficient (Wildman–Crippen LogP) is 4.66. The maximum atomic E-state index is 14.3. The number of benzene rings is 2. The van der Waals surface area contributed by atoms with Crippen LogP contribution in [0.1, 0.15) is 41.3 Å². The van der Waals surface area contributed by atoms with Crippen LogP contribution in [0.25, 0.3) is 0 Å². The van der Waals surface area contributed by atoms with Crippen LogP contribution < -0.4 is 0 Å². The molecule has 2 aromatic carbocycles. The van der Waals surface area contributed by atoms with Gasteiger partial charge in [0.05, 0.1) is 6.61 Å². The summed E-state index contributed by atoms with van der Waals surface area (Å²) in [5, 5.41) is 0. The number of carbonyl (C=O) groups is 1. The van der Waals surface area contributed by atoms with E-state index in [9.17, 15) is 9.18 Å². The summed E-state index contributed by atoms with van der Waals surface area (Å²) in [7, 11) is 1.69. The Morgan fingerprint density at radius 1 is 1.11 bits per heavy atom. The first-order valence-corrected chi connectivity index (χ1v) is 9.89. The summed E-state index contributed by atoms with van der Waals surface area (Å²) in [6.45, 7) is 7.40. The average Bonchev–Trinajstić information content (AvgIpc) is 2.70. The van der Waals surface area contributed by atoms with Gasteiger partial charge in [0.25, 0.3) is 0 Å². The van der Waals surface area contributed by atoms with E-state index in [-0.39, 0.29) is 35.5 Å². The number of hydrogen-bond donors (Lipinski definition) is 0. The lowest BCUT2D eigenvalue weighted by Crippen LogP contribution is -2.55. The van der Waals surface area contributed by atoms with Crippen molar-refractivity contribution in [2.24, 2.45) is 5.92 Å². The molecule has 0 aromatic heterocycles. The summed E-state index contributed by atoms with van der Waals surface area (Å²) in [4.78, 5) is 15.9. The number of halogens is 1. The molecule has 4 atom stereocenters. The third kappa shape index (κ3) is 4.03. The zero-order valence-electron chi connectivity index (χ0n) is 17.1. The van der Waals surface area contributed by atoms with E-state index in [0.717, 1.165) is 12.1 Å². The molecular weight excluding hydrogens is 353 g/mol. The van der Waals surface area contributed by atoms with Gasteiger partial charge in [-0.25, -0.2) is 4.39 Å². The normalized spacial score (nSPS) is 25.6. The first-order valence-electron chi connectivity index (χ1n) is 9.89. The summed E-state index contributed by atoms with van der Waals surface area (Å²) in [6, 6.07) is 14.8. The monoisotopic (exact) mass is 382 g/mol. The van der Waals surface area contributed by atoms with Gasteiger partial charge in [-0.2, -0.15) is 0 Å². The molecule has 1 aliphatic rings. The van der Waals surface area contributed by atoms with Crippen molar-refractivity contribution in [2.45, 2.75) is 38.8 Å². The first-order chi connectivity index (χ1) is 13.5. The highest BCUT2D eigenvalue weighted by Crippen LogP contribution is 2.42. The molecule has 0 amide bonds. The number of ether oxygens (including phenoxy) is 1.